The first-order valence-corrected chi connectivity index (χ1v) is 7.89. The summed E-state index contributed by atoms with van der Waals surface area (Å²) in [6.07, 6.45) is 0.772. The maximum Gasteiger partial charge on any atom is 0.0465 e. The van der Waals surface area contributed by atoms with Crippen LogP contribution in [0.1, 0.15) is 16.5 Å². The van der Waals surface area contributed by atoms with E-state index in [0.717, 1.165) is 26.5 Å². The smallest absolute Gasteiger partial charge is 0.0465 e. The summed E-state index contributed by atoms with van der Waals surface area (Å²) in [7, 11) is 1.95. The lowest BCUT2D eigenvalue weighted by molar-refractivity contribution is 0.600. The number of rotatable bonds is 4. The van der Waals surface area contributed by atoms with Crippen LogP contribution in [0.15, 0.2) is 34.1 Å². The highest BCUT2D eigenvalue weighted by molar-refractivity contribution is 9.10. The summed E-state index contributed by atoms with van der Waals surface area (Å²) in [5, 5.41) is 6.81. The topological polar surface area (TPSA) is 12.0 Å². The molecule has 0 aliphatic heterocycles. The number of hydrogen-bond acceptors (Lipinski definition) is 2. The van der Waals surface area contributed by atoms with Crippen molar-refractivity contribution in [2.24, 2.45) is 0 Å². The molecule has 1 heterocycles. The third kappa shape index (κ3) is 3.09. The summed E-state index contributed by atoms with van der Waals surface area (Å²) in [6.45, 7) is 0. The van der Waals surface area contributed by atoms with E-state index in [1.807, 2.05) is 25.2 Å². The lowest BCUT2D eigenvalue weighted by Gasteiger charge is -2.17. The SMILES string of the molecule is CNC(Cc1c(Cl)cccc1Cl)c1sccc1Br. The minimum Gasteiger partial charge on any atom is -0.312 e. The van der Waals surface area contributed by atoms with Crippen molar-refractivity contribution in [1.29, 1.82) is 0 Å². The lowest BCUT2D eigenvalue weighted by Crippen LogP contribution is -2.18. The molecule has 1 N–H and O–H groups in total. The Balaban J connectivity index is 2.29. The van der Waals surface area contributed by atoms with E-state index in [2.05, 4.69) is 32.7 Å². The molecule has 1 atom stereocenters. The van der Waals surface area contributed by atoms with Crippen LogP contribution in [0.3, 0.4) is 0 Å². The minimum absolute atomic E-state index is 0.205. The van der Waals surface area contributed by atoms with Gasteiger partial charge in [0.2, 0.25) is 0 Å². The number of hydrogen-bond donors (Lipinski definition) is 1. The van der Waals surface area contributed by atoms with Gasteiger partial charge in [-0.15, -0.1) is 11.3 Å². The highest BCUT2D eigenvalue weighted by Crippen LogP contribution is 2.34. The molecular weight excluding hydrogens is 353 g/mol. The first kappa shape index (κ1) is 14.4. The van der Waals surface area contributed by atoms with Crippen molar-refractivity contribution in [2.75, 3.05) is 7.05 Å². The molecule has 0 radical (unpaired) electrons. The molecule has 0 spiro atoms. The fourth-order valence-corrected chi connectivity index (χ4v) is 4.12. The van der Waals surface area contributed by atoms with E-state index in [-0.39, 0.29) is 6.04 Å². The fourth-order valence-electron chi connectivity index (χ4n) is 1.81. The van der Waals surface area contributed by atoms with Crippen molar-refractivity contribution < 1.29 is 0 Å². The van der Waals surface area contributed by atoms with Gasteiger partial charge < -0.3 is 5.32 Å². The number of thiophene rings is 1. The molecule has 1 unspecified atom stereocenters. The van der Waals surface area contributed by atoms with Gasteiger partial charge >= 0.3 is 0 Å². The van der Waals surface area contributed by atoms with Gasteiger partial charge in [-0.2, -0.15) is 0 Å². The van der Waals surface area contributed by atoms with Gasteiger partial charge in [0.1, 0.15) is 0 Å². The molecule has 18 heavy (non-hydrogen) atoms. The van der Waals surface area contributed by atoms with Crippen LogP contribution in [0.4, 0.5) is 0 Å². The Morgan fingerprint density at radius 2 is 1.94 bits per heavy atom. The van der Waals surface area contributed by atoms with Gasteiger partial charge in [-0.25, -0.2) is 0 Å². The predicted molar refractivity (Wildman–Crippen MR) is 84.0 cm³/mol. The van der Waals surface area contributed by atoms with Crippen molar-refractivity contribution in [1.82, 2.24) is 5.32 Å². The molecule has 0 aliphatic carbocycles. The molecule has 1 aromatic heterocycles. The quantitative estimate of drug-likeness (QED) is 0.773. The molecule has 0 saturated carbocycles. The Morgan fingerprint density at radius 1 is 1.28 bits per heavy atom. The van der Waals surface area contributed by atoms with Crippen LogP contribution in [0.2, 0.25) is 10.0 Å². The molecular formula is C13H12BrCl2NS. The summed E-state index contributed by atoms with van der Waals surface area (Å²) in [5.41, 5.74) is 0.987. The number of halogens is 3. The Morgan fingerprint density at radius 3 is 2.44 bits per heavy atom. The molecule has 1 nitrogen and oxygen atoms in total. The third-order valence-corrected chi connectivity index (χ3v) is 5.47. The Labute approximate surface area is 129 Å². The van der Waals surface area contributed by atoms with Crippen molar-refractivity contribution >= 4 is 50.5 Å². The van der Waals surface area contributed by atoms with Crippen LogP contribution in [0, 0.1) is 0 Å². The summed E-state index contributed by atoms with van der Waals surface area (Å²) >= 11 is 17.7. The maximum absolute atomic E-state index is 6.21. The summed E-state index contributed by atoms with van der Waals surface area (Å²) in [6, 6.07) is 7.87. The first-order chi connectivity index (χ1) is 8.63. The van der Waals surface area contributed by atoms with Gasteiger partial charge in [0.15, 0.2) is 0 Å². The van der Waals surface area contributed by atoms with Crippen LogP contribution in [-0.2, 0) is 6.42 Å². The molecule has 2 aromatic rings. The normalized spacial score (nSPS) is 12.7. The summed E-state index contributed by atoms with van der Waals surface area (Å²) in [5.74, 6) is 0. The summed E-state index contributed by atoms with van der Waals surface area (Å²) in [4.78, 5) is 1.26. The van der Waals surface area contributed by atoms with Crippen LogP contribution in [0.25, 0.3) is 0 Å². The second-order valence-electron chi connectivity index (χ2n) is 3.88. The molecule has 2 rings (SSSR count). The Bertz CT molecular complexity index is 521. The molecule has 1 aromatic carbocycles. The van der Waals surface area contributed by atoms with E-state index in [1.54, 1.807) is 11.3 Å². The number of benzene rings is 1. The predicted octanol–water partition coefficient (Wildman–Crippen LogP) is 5.32. The molecule has 0 aliphatic rings. The van der Waals surface area contributed by atoms with E-state index in [0.29, 0.717) is 0 Å². The van der Waals surface area contributed by atoms with E-state index in [1.165, 1.54) is 4.88 Å². The standard InChI is InChI=1S/C13H12BrCl2NS/c1-17-12(13-9(14)5-6-18-13)7-8-10(15)3-2-4-11(8)16/h2-6,12,17H,7H2,1H3. The van der Waals surface area contributed by atoms with E-state index in [4.69, 9.17) is 23.2 Å². The zero-order valence-electron chi connectivity index (χ0n) is 9.71. The average molecular weight is 365 g/mol. The van der Waals surface area contributed by atoms with Gasteiger partial charge in [-0.1, -0.05) is 29.3 Å². The van der Waals surface area contributed by atoms with Crippen LogP contribution in [0.5, 0.6) is 0 Å². The van der Waals surface area contributed by atoms with E-state index < -0.39 is 0 Å². The van der Waals surface area contributed by atoms with Gasteiger partial charge in [0, 0.05) is 25.4 Å². The summed E-state index contributed by atoms with van der Waals surface area (Å²) < 4.78 is 1.12. The van der Waals surface area contributed by atoms with Crippen LogP contribution >= 0.6 is 50.5 Å². The van der Waals surface area contributed by atoms with Crippen molar-refractivity contribution in [3.8, 4) is 0 Å². The number of likely N-dealkylation sites (N-methyl/N-ethyl adjacent to an activating group) is 1. The number of nitrogens with one attached hydrogen (secondary N) is 1. The van der Waals surface area contributed by atoms with Gasteiger partial charge in [-0.05, 0) is 58.5 Å². The van der Waals surface area contributed by atoms with Crippen molar-refractivity contribution in [3.05, 3.63) is 54.6 Å². The minimum atomic E-state index is 0.205. The van der Waals surface area contributed by atoms with Crippen molar-refractivity contribution in [2.45, 2.75) is 12.5 Å². The lowest BCUT2D eigenvalue weighted by atomic mass is 10.0. The molecule has 0 amide bonds. The zero-order chi connectivity index (χ0) is 13.1. The molecule has 5 heteroatoms. The second kappa shape index (κ2) is 6.40. The monoisotopic (exact) mass is 363 g/mol. The molecule has 0 fully saturated rings. The maximum atomic E-state index is 6.21. The van der Waals surface area contributed by atoms with Crippen LogP contribution in [-0.4, -0.2) is 7.05 Å². The van der Waals surface area contributed by atoms with Gasteiger partial charge in [0.05, 0.1) is 0 Å². The molecule has 0 bridgehead atoms. The largest absolute Gasteiger partial charge is 0.312 e. The van der Waals surface area contributed by atoms with Crippen molar-refractivity contribution in [3.63, 3.8) is 0 Å². The first-order valence-electron chi connectivity index (χ1n) is 5.46. The Kier molecular flexibility index (Phi) is 5.10. The zero-order valence-corrected chi connectivity index (χ0v) is 13.6. The Hall–Kier alpha value is -0.0600. The van der Waals surface area contributed by atoms with Gasteiger partial charge in [-0.3, -0.25) is 0 Å². The van der Waals surface area contributed by atoms with E-state index >= 15 is 0 Å². The third-order valence-electron chi connectivity index (χ3n) is 2.78. The van der Waals surface area contributed by atoms with E-state index in [9.17, 15) is 0 Å². The highest BCUT2D eigenvalue weighted by Gasteiger charge is 2.17. The molecule has 96 valence electrons. The van der Waals surface area contributed by atoms with Crippen LogP contribution < -0.4 is 5.32 Å². The highest BCUT2D eigenvalue weighted by atomic mass is 79.9. The van der Waals surface area contributed by atoms with Gasteiger partial charge in [0.25, 0.3) is 0 Å². The average Bonchev–Trinajstić information content (AvgIpc) is 2.76. The second-order valence-corrected chi connectivity index (χ2v) is 6.49. The molecule has 0 saturated heterocycles. The fraction of sp³-hybridized carbons (Fsp3) is 0.231.